The first-order valence-corrected chi connectivity index (χ1v) is 8.86. The molecule has 0 radical (unpaired) electrons. The fraction of sp³-hybridized carbons (Fsp3) is 0.550. The molecule has 1 aromatic carbocycles. The Balaban J connectivity index is 1.18. The van der Waals surface area contributed by atoms with E-state index in [-0.39, 0.29) is 11.9 Å². The SMILES string of the molecule is O=C(OCCCCCCOc1ccccc1)C1CC2C=CC1C2. The molecule has 0 spiro atoms. The van der Waals surface area contributed by atoms with Crippen LogP contribution in [0.15, 0.2) is 42.5 Å². The zero-order valence-corrected chi connectivity index (χ0v) is 13.7. The Kier molecular flexibility index (Phi) is 5.73. The van der Waals surface area contributed by atoms with Crippen molar-refractivity contribution >= 4 is 5.97 Å². The highest BCUT2D eigenvalue weighted by Gasteiger charge is 2.40. The van der Waals surface area contributed by atoms with Gasteiger partial charge >= 0.3 is 5.97 Å². The minimum atomic E-state index is 0.0225. The van der Waals surface area contributed by atoms with Gasteiger partial charge in [-0.05, 0) is 62.5 Å². The first-order valence-electron chi connectivity index (χ1n) is 8.86. The maximum absolute atomic E-state index is 12.1. The molecule has 124 valence electrons. The van der Waals surface area contributed by atoms with E-state index in [4.69, 9.17) is 9.47 Å². The summed E-state index contributed by atoms with van der Waals surface area (Å²) in [5, 5.41) is 0. The number of para-hydroxylation sites is 1. The van der Waals surface area contributed by atoms with Gasteiger partial charge in [-0.25, -0.2) is 0 Å². The summed E-state index contributed by atoms with van der Waals surface area (Å²) in [5.74, 6) is 2.16. The molecule has 3 unspecified atom stereocenters. The molecular formula is C20H26O3. The van der Waals surface area contributed by atoms with Crippen molar-refractivity contribution in [3.63, 3.8) is 0 Å². The van der Waals surface area contributed by atoms with Crippen LogP contribution in [0.4, 0.5) is 0 Å². The zero-order valence-electron chi connectivity index (χ0n) is 13.7. The third-order valence-corrected chi connectivity index (χ3v) is 4.88. The highest BCUT2D eigenvalue weighted by molar-refractivity contribution is 5.74. The molecule has 1 aromatic rings. The number of hydrogen-bond acceptors (Lipinski definition) is 3. The molecule has 2 bridgehead atoms. The van der Waals surface area contributed by atoms with Crippen LogP contribution in [0.3, 0.4) is 0 Å². The lowest BCUT2D eigenvalue weighted by atomic mass is 9.94. The Morgan fingerprint density at radius 1 is 0.957 bits per heavy atom. The molecule has 3 rings (SSSR count). The standard InChI is InChI=1S/C20H26O3/c21-20(19-15-16-10-11-17(19)14-16)23-13-7-2-1-6-12-22-18-8-4-3-5-9-18/h3-5,8-11,16-17,19H,1-2,6-7,12-15H2. The van der Waals surface area contributed by atoms with Gasteiger partial charge in [-0.1, -0.05) is 30.4 Å². The van der Waals surface area contributed by atoms with Crippen LogP contribution >= 0.6 is 0 Å². The number of fused-ring (bicyclic) bond motifs is 2. The van der Waals surface area contributed by atoms with Crippen LogP contribution in [0.5, 0.6) is 5.75 Å². The molecule has 0 aromatic heterocycles. The van der Waals surface area contributed by atoms with Gasteiger partial charge in [0.05, 0.1) is 19.1 Å². The molecule has 1 fully saturated rings. The largest absolute Gasteiger partial charge is 0.494 e. The van der Waals surface area contributed by atoms with Crippen LogP contribution in [0, 0.1) is 17.8 Å². The molecule has 3 atom stereocenters. The summed E-state index contributed by atoms with van der Waals surface area (Å²) in [6.07, 6.45) is 10.8. The van der Waals surface area contributed by atoms with Crippen molar-refractivity contribution in [3.05, 3.63) is 42.5 Å². The van der Waals surface area contributed by atoms with Crippen LogP contribution in [-0.4, -0.2) is 19.2 Å². The lowest BCUT2D eigenvalue weighted by molar-refractivity contribution is -0.149. The average Bonchev–Trinajstić information content (AvgIpc) is 3.21. The second-order valence-corrected chi connectivity index (χ2v) is 6.63. The molecule has 1 saturated carbocycles. The lowest BCUT2D eigenvalue weighted by Crippen LogP contribution is -2.22. The van der Waals surface area contributed by atoms with Crippen molar-refractivity contribution in [2.24, 2.45) is 17.8 Å². The van der Waals surface area contributed by atoms with Crippen LogP contribution in [0.25, 0.3) is 0 Å². The molecule has 3 nitrogen and oxygen atoms in total. The molecule has 23 heavy (non-hydrogen) atoms. The molecule has 0 amide bonds. The van der Waals surface area contributed by atoms with Gasteiger partial charge in [0.15, 0.2) is 0 Å². The third kappa shape index (κ3) is 4.60. The molecule has 2 aliphatic rings. The highest BCUT2D eigenvalue weighted by atomic mass is 16.5. The normalized spacial score (nSPS) is 24.8. The van der Waals surface area contributed by atoms with Gasteiger partial charge in [0, 0.05) is 0 Å². The van der Waals surface area contributed by atoms with Gasteiger partial charge in [0.2, 0.25) is 0 Å². The first-order chi connectivity index (χ1) is 11.3. The number of allylic oxidation sites excluding steroid dienone is 2. The summed E-state index contributed by atoms with van der Waals surface area (Å²) in [4.78, 5) is 12.1. The summed E-state index contributed by atoms with van der Waals surface area (Å²) in [7, 11) is 0. The molecular weight excluding hydrogens is 288 g/mol. The molecule has 0 aliphatic heterocycles. The summed E-state index contributed by atoms with van der Waals surface area (Å²) in [6, 6.07) is 9.90. The van der Waals surface area contributed by atoms with E-state index in [0.29, 0.717) is 18.4 Å². The number of rotatable bonds is 9. The lowest BCUT2D eigenvalue weighted by Gasteiger charge is -2.16. The highest BCUT2D eigenvalue weighted by Crippen LogP contribution is 2.43. The molecule has 0 heterocycles. The van der Waals surface area contributed by atoms with Gasteiger partial charge < -0.3 is 9.47 Å². The predicted octanol–water partition coefficient (Wildman–Crippen LogP) is 4.38. The van der Waals surface area contributed by atoms with Crippen LogP contribution in [0.2, 0.25) is 0 Å². The van der Waals surface area contributed by atoms with E-state index in [1.807, 2.05) is 30.3 Å². The van der Waals surface area contributed by atoms with Crippen LogP contribution in [0.1, 0.15) is 38.5 Å². The quantitative estimate of drug-likeness (QED) is 0.385. The summed E-state index contributed by atoms with van der Waals surface area (Å²) in [5.41, 5.74) is 0. The van der Waals surface area contributed by atoms with E-state index in [9.17, 15) is 4.79 Å². The van der Waals surface area contributed by atoms with E-state index < -0.39 is 0 Å². The number of hydrogen-bond donors (Lipinski definition) is 0. The minimum Gasteiger partial charge on any atom is -0.494 e. The molecule has 0 saturated heterocycles. The number of esters is 1. The predicted molar refractivity (Wildman–Crippen MR) is 90.2 cm³/mol. The first kappa shape index (κ1) is 16.1. The molecule has 0 N–H and O–H groups in total. The van der Waals surface area contributed by atoms with Gasteiger partial charge in [-0.15, -0.1) is 0 Å². The van der Waals surface area contributed by atoms with Crippen LogP contribution < -0.4 is 4.74 Å². The zero-order chi connectivity index (χ0) is 15.9. The minimum absolute atomic E-state index is 0.0225. The Morgan fingerprint density at radius 3 is 2.43 bits per heavy atom. The van der Waals surface area contributed by atoms with Crippen molar-refractivity contribution < 1.29 is 14.3 Å². The average molecular weight is 314 g/mol. The Labute approximate surface area is 138 Å². The number of carbonyl (C=O) groups excluding carboxylic acids is 1. The Bertz CT molecular complexity index is 523. The van der Waals surface area contributed by atoms with E-state index in [0.717, 1.165) is 50.9 Å². The number of ether oxygens (including phenoxy) is 2. The second kappa shape index (κ2) is 8.19. The number of unbranched alkanes of at least 4 members (excludes halogenated alkanes) is 3. The maximum atomic E-state index is 12.1. The van der Waals surface area contributed by atoms with Gasteiger partial charge in [0.25, 0.3) is 0 Å². The van der Waals surface area contributed by atoms with E-state index in [1.165, 1.54) is 0 Å². The second-order valence-electron chi connectivity index (χ2n) is 6.63. The number of benzene rings is 1. The summed E-state index contributed by atoms with van der Waals surface area (Å²) >= 11 is 0. The Morgan fingerprint density at radius 2 is 1.74 bits per heavy atom. The maximum Gasteiger partial charge on any atom is 0.309 e. The van der Waals surface area contributed by atoms with Gasteiger partial charge in [0.1, 0.15) is 5.75 Å². The fourth-order valence-electron chi connectivity index (χ4n) is 3.60. The monoisotopic (exact) mass is 314 g/mol. The number of carbonyl (C=O) groups is 1. The third-order valence-electron chi connectivity index (χ3n) is 4.88. The summed E-state index contributed by atoms with van der Waals surface area (Å²) in [6.45, 7) is 1.32. The van der Waals surface area contributed by atoms with E-state index >= 15 is 0 Å². The van der Waals surface area contributed by atoms with Gasteiger partial charge in [-0.2, -0.15) is 0 Å². The summed E-state index contributed by atoms with van der Waals surface area (Å²) < 4.78 is 11.1. The van der Waals surface area contributed by atoms with Gasteiger partial charge in [-0.3, -0.25) is 4.79 Å². The Hall–Kier alpha value is -1.77. The fourth-order valence-corrected chi connectivity index (χ4v) is 3.60. The molecule has 3 heteroatoms. The molecule has 2 aliphatic carbocycles. The van der Waals surface area contributed by atoms with Crippen molar-refractivity contribution in [2.45, 2.75) is 38.5 Å². The van der Waals surface area contributed by atoms with Crippen LogP contribution in [-0.2, 0) is 9.53 Å². The van der Waals surface area contributed by atoms with Crippen molar-refractivity contribution in [2.75, 3.05) is 13.2 Å². The van der Waals surface area contributed by atoms with Crippen molar-refractivity contribution in [1.29, 1.82) is 0 Å². The smallest absolute Gasteiger partial charge is 0.309 e. The topological polar surface area (TPSA) is 35.5 Å². The van der Waals surface area contributed by atoms with Crippen molar-refractivity contribution in [1.82, 2.24) is 0 Å². The van der Waals surface area contributed by atoms with Crippen molar-refractivity contribution in [3.8, 4) is 5.75 Å². The van der Waals surface area contributed by atoms with E-state index in [2.05, 4.69) is 12.2 Å². The van der Waals surface area contributed by atoms with E-state index in [1.54, 1.807) is 0 Å².